The zero-order valence-electron chi connectivity index (χ0n) is 11.8. The molecular formula is C15H22N2O3. The van der Waals surface area contributed by atoms with E-state index < -0.39 is 0 Å². The van der Waals surface area contributed by atoms with Crippen LogP contribution in [0.15, 0.2) is 18.2 Å². The van der Waals surface area contributed by atoms with E-state index in [1.807, 2.05) is 11.8 Å². The highest BCUT2D eigenvalue weighted by atomic mass is 16.3. The second kappa shape index (κ2) is 6.61. The van der Waals surface area contributed by atoms with Crippen LogP contribution in [0.3, 0.4) is 0 Å². The number of amides is 1. The van der Waals surface area contributed by atoms with Crippen molar-refractivity contribution in [1.82, 2.24) is 10.2 Å². The van der Waals surface area contributed by atoms with Crippen molar-refractivity contribution in [3.05, 3.63) is 23.8 Å². The Bertz CT molecular complexity index is 470. The second-order valence-corrected chi connectivity index (χ2v) is 5.29. The monoisotopic (exact) mass is 278 g/mol. The fourth-order valence-corrected chi connectivity index (χ4v) is 2.49. The summed E-state index contributed by atoms with van der Waals surface area (Å²) >= 11 is 0. The van der Waals surface area contributed by atoms with E-state index in [1.165, 1.54) is 24.6 Å². The summed E-state index contributed by atoms with van der Waals surface area (Å²) in [7, 11) is 0. The van der Waals surface area contributed by atoms with Crippen molar-refractivity contribution in [3.8, 4) is 11.5 Å². The van der Waals surface area contributed by atoms with E-state index in [0.717, 1.165) is 25.9 Å². The highest BCUT2D eigenvalue weighted by molar-refractivity contribution is 5.78. The summed E-state index contributed by atoms with van der Waals surface area (Å²) in [5, 5.41) is 22.3. The van der Waals surface area contributed by atoms with Gasteiger partial charge < -0.3 is 20.4 Å². The lowest BCUT2D eigenvalue weighted by Gasteiger charge is -2.27. The number of rotatable bonds is 4. The van der Waals surface area contributed by atoms with Gasteiger partial charge in [0.15, 0.2) is 0 Å². The van der Waals surface area contributed by atoms with Crippen LogP contribution < -0.4 is 5.32 Å². The predicted molar refractivity (Wildman–Crippen MR) is 76.6 cm³/mol. The third-order valence-electron chi connectivity index (χ3n) is 3.75. The third-order valence-corrected chi connectivity index (χ3v) is 3.75. The van der Waals surface area contributed by atoms with Gasteiger partial charge in [0.25, 0.3) is 0 Å². The van der Waals surface area contributed by atoms with Crippen LogP contribution in [-0.2, 0) is 4.79 Å². The summed E-state index contributed by atoms with van der Waals surface area (Å²) in [5.74, 6) is 0.318. The first-order chi connectivity index (χ1) is 9.58. The number of hydrogen-bond donors (Lipinski definition) is 3. The first-order valence-electron chi connectivity index (χ1n) is 7.11. The van der Waals surface area contributed by atoms with Crippen LogP contribution in [-0.4, -0.2) is 40.7 Å². The minimum absolute atomic E-state index is 0.0937. The Morgan fingerprint density at radius 3 is 2.70 bits per heavy atom. The topological polar surface area (TPSA) is 72.8 Å². The maximum atomic E-state index is 12.0. The van der Waals surface area contributed by atoms with Gasteiger partial charge in [-0.1, -0.05) is 0 Å². The molecule has 0 spiro atoms. The molecule has 1 heterocycles. The number of nitrogens with one attached hydrogen (secondary N) is 1. The predicted octanol–water partition coefficient (Wildman–Crippen LogP) is 1.76. The molecule has 5 heteroatoms. The van der Waals surface area contributed by atoms with Crippen molar-refractivity contribution in [2.45, 2.75) is 32.2 Å². The van der Waals surface area contributed by atoms with Gasteiger partial charge in [-0.05, 0) is 44.4 Å². The molecule has 0 aromatic heterocycles. The molecular weight excluding hydrogens is 256 g/mol. The molecule has 1 amide bonds. The van der Waals surface area contributed by atoms with E-state index in [-0.39, 0.29) is 30.0 Å². The number of hydrogen-bond acceptors (Lipinski definition) is 4. The number of piperidine rings is 1. The van der Waals surface area contributed by atoms with Crippen molar-refractivity contribution in [2.75, 3.05) is 19.6 Å². The Hall–Kier alpha value is -1.75. The normalized spacial score (nSPS) is 16.9. The quantitative estimate of drug-likeness (QED) is 0.734. The second-order valence-electron chi connectivity index (χ2n) is 5.29. The van der Waals surface area contributed by atoms with E-state index in [9.17, 15) is 15.0 Å². The Balaban J connectivity index is 1.89. The Labute approximate surface area is 119 Å². The molecule has 1 aromatic carbocycles. The molecule has 3 N–H and O–H groups in total. The zero-order valence-corrected chi connectivity index (χ0v) is 11.8. The zero-order chi connectivity index (χ0) is 14.5. The van der Waals surface area contributed by atoms with Gasteiger partial charge in [0.1, 0.15) is 11.5 Å². The lowest BCUT2D eigenvalue weighted by Crippen LogP contribution is -2.41. The maximum absolute atomic E-state index is 12.0. The number of carbonyl (C=O) groups excluding carboxylic acids is 1. The van der Waals surface area contributed by atoms with E-state index in [4.69, 9.17) is 0 Å². The van der Waals surface area contributed by atoms with Gasteiger partial charge >= 0.3 is 0 Å². The highest BCUT2D eigenvalue weighted by Gasteiger charge is 2.18. The SMILES string of the molecule is CC(NCC(=O)N1CCCCC1)c1cc(O)ccc1O. The Morgan fingerprint density at radius 1 is 1.30 bits per heavy atom. The van der Waals surface area contributed by atoms with Gasteiger partial charge in [-0.25, -0.2) is 0 Å². The minimum atomic E-state index is -0.198. The number of nitrogens with zero attached hydrogens (tertiary/aromatic N) is 1. The van der Waals surface area contributed by atoms with Crippen LogP contribution in [0.25, 0.3) is 0 Å². The van der Waals surface area contributed by atoms with Crippen molar-refractivity contribution in [2.24, 2.45) is 0 Å². The summed E-state index contributed by atoms with van der Waals surface area (Å²) in [6.07, 6.45) is 3.36. The number of benzene rings is 1. The molecule has 1 fully saturated rings. The number of phenolic OH excluding ortho intramolecular Hbond substituents is 2. The van der Waals surface area contributed by atoms with Crippen LogP contribution >= 0.6 is 0 Å². The summed E-state index contributed by atoms with van der Waals surface area (Å²) in [4.78, 5) is 13.9. The average molecular weight is 278 g/mol. The number of likely N-dealkylation sites (tertiary alicyclic amines) is 1. The Morgan fingerprint density at radius 2 is 2.00 bits per heavy atom. The molecule has 0 saturated carbocycles. The van der Waals surface area contributed by atoms with E-state index in [1.54, 1.807) is 0 Å². The van der Waals surface area contributed by atoms with Crippen LogP contribution in [0.1, 0.15) is 37.8 Å². The van der Waals surface area contributed by atoms with Crippen LogP contribution in [0.2, 0.25) is 0 Å². The fourth-order valence-electron chi connectivity index (χ4n) is 2.49. The molecule has 2 rings (SSSR count). The van der Waals surface area contributed by atoms with Gasteiger partial charge in [-0.15, -0.1) is 0 Å². The molecule has 1 aromatic rings. The third kappa shape index (κ3) is 3.63. The lowest BCUT2D eigenvalue weighted by atomic mass is 10.1. The largest absolute Gasteiger partial charge is 0.508 e. The molecule has 5 nitrogen and oxygen atoms in total. The first-order valence-corrected chi connectivity index (χ1v) is 7.11. The number of aromatic hydroxyl groups is 2. The molecule has 110 valence electrons. The van der Waals surface area contributed by atoms with Crippen molar-refractivity contribution < 1.29 is 15.0 Å². The fraction of sp³-hybridized carbons (Fsp3) is 0.533. The average Bonchev–Trinajstić information content (AvgIpc) is 2.47. The molecule has 1 saturated heterocycles. The molecule has 1 atom stereocenters. The van der Waals surface area contributed by atoms with Gasteiger partial charge in [0, 0.05) is 24.7 Å². The smallest absolute Gasteiger partial charge is 0.236 e. The summed E-state index contributed by atoms with van der Waals surface area (Å²) in [6, 6.07) is 4.20. The van der Waals surface area contributed by atoms with Crippen LogP contribution in [0.5, 0.6) is 11.5 Å². The van der Waals surface area contributed by atoms with E-state index in [0.29, 0.717) is 5.56 Å². The van der Waals surface area contributed by atoms with E-state index >= 15 is 0 Å². The molecule has 1 unspecified atom stereocenters. The molecule has 0 aliphatic carbocycles. The van der Waals surface area contributed by atoms with Gasteiger partial charge in [0.2, 0.25) is 5.91 Å². The number of carbonyl (C=O) groups is 1. The number of phenols is 2. The molecule has 0 bridgehead atoms. The summed E-state index contributed by atoms with van der Waals surface area (Å²) in [5.41, 5.74) is 0.594. The van der Waals surface area contributed by atoms with Crippen molar-refractivity contribution >= 4 is 5.91 Å². The van der Waals surface area contributed by atoms with Crippen LogP contribution in [0.4, 0.5) is 0 Å². The standard InChI is InChI=1S/C15H22N2O3/c1-11(13-9-12(18)5-6-14(13)19)16-10-15(20)17-7-3-2-4-8-17/h5-6,9,11,16,18-19H,2-4,7-8,10H2,1H3. The van der Waals surface area contributed by atoms with Gasteiger partial charge in [0.05, 0.1) is 6.54 Å². The summed E-state index contributed by atoms with van der Waals surface area (Å²) < 4.78 is 0. The van der Waals surface area contributed by atoms with Crippen molar-refractivity contribution in [3.63, 3.8) is 0 Å². The highest BCUT2D eigenvalue weighted by Crippen LogP contribution is 2.27. The molecule has 1 aliphatic rings. The van der Waals surface area contributed by atoms with Gasteiger partial charge in [-0.3, -0.25) is 4.79 Å². The molecule has 20 heavy (non-hydrogen) atoms. The van der Waals surface area contributed by atoms with Gasteiger partial charge in [-0.2, -0.15) is 0 Å². The van der Waals surface area contributed by atoms with E-state index in [2.05, 4.69) is 5.32 Å². The molecule has 1 aliphatic heterocycles. The van der Waals surface area contributed by atoms with Crippen LogP contribution in [0, 0.1) is 0 Å². The summed E-state index contributed by atoms with van der Waals surface area (Å²) in [6.45, 7) is 3.78. The minimum Gasteiger partial charge on any atom is -0.508 e. The van der Waals surface area contributed by atoms with Crippen molar-refractivity contribution in [1.29, 1.82) is 0 Å². The maximum Gasteiger partial charge on any atom is 0.236 e. The first kappa shape index (κ1) is 14.7. The lowest BCUT2D eigenvalue weighted by molar-refractivity contribution is -0.131. The Kier molecular flexibility index (Phi) is 4.84. The molecule has 0 radical (unpaired) electrons.